The Morgan fingerprint density at radius 2 is 1.90 bits per heavy atom. The lowest BCUT2D eigenvalue weighted by molar-refractivity contribution is 1.81. The molecule has 0 aliphatic rings. The highest BCUT2D eigenvalue weighted by Crippen LogP contribution is 1.95. The minimum absolute atomic E-state index is 1.15. The normalized spacial score (nSPS) is 10.7. The second-order valence-corrected chi connectivity index (χ2v) is 7.86. The molecule has 0 rings (SSSR count). The zero-order chi connectivity index (χ0) is 8.04. The van der Waals surface area contributed by atoms with Crippen molar-refractivity contribution in [2.24, 2.45) is 0 Å². The van der Waals surface area contributed by atoms with Crippen molar-refractivity contribution in [3.8, 4) is 11.5 Å². The van der Waals surface area contributed by atoms with Crippen molar-refractivity contribution in [3.63, 3.8) is 0 Å². The van der Waals surface area contributed by atoms with E-state index in [-0.39, 0.29) is 0 Å². The molecule has 0 spiro atoms. The maximum atomic E-state index is 3.55. The first kappa shape index (κ1) is 9.26. The van der Waals surface area contributed by atoms with E-state index in [4.69, 9.17) is 0 Å². The Morgan fingerprint density at radius 1 is 1.30 bits per heavy atom. The highest BCUT2D eigenvalue weighted by molar-refractivity contribution is 6.83. The molecular formula is C9H14Si. The number of rotatable bonds is 1. The van der Waals surface area contributed by atoms with Crippen molar-refractivity contribution in [1.82, 2.24) is 0 Å². The van der Waals surface area contributed by atoms with Crippen LogP contribution >= 0.6 is 0 Å². The molecule has 0 saturated heterocycles. The van der Waals surface area contributed by atoms with Gasteiger partial charge in [0.25, 0.3) is 0 Å². The van der Waals surface area contributed by atoms with Crippen LogP contribution in [0.4, 0.5) is 0 Å². The second kappa shape index (κ2) is 4.13. The van der Waals surface area contributed by atoms with Crippen LogP contribution in [-0.4, -0.2) is 8.07 Å². The van der Waals surface area contributed by atoms with E-state index < -0.39 is 8.07 Å². The number of hydrogen-bond donors (Lipinski definition) is 0. The molecule has 0 aliphatic heterocycles. The van der Waals surface area contributed by atoms with Crippen molar-refractivity contribution in [3.05, 3.63) is 24.8 Å². The molecule has 0 aromatic rings. The van der Waals surface area contributed by atoms with Crippen LogP contribution in [0.25, 0.3) is 0 Å². The molecule has 0 radical (unpaired) electrons. The van der Waals surface area contributed by atoms with Gasteiger partial charge < -0.3 is 0 Å². The predicted octanol–water partition coefficient (Wildman–Crippen LogP) is 2.61. The molecule has 0 bridgehead atoms. The standard InChI is InChI=1S/C9H14Si/c1-5-6-7-8-9-10(2,3)4/h5-7H,1H2,2-4H3/b7-6+. The maximum Gasteiger partial charge on any atom is 0.129 e. The summed E-state index contributed by atoms with van der Waals surface area (Å²) >= 11 is 0. The fourth-order valence-corrected chi connectivity index (χ4v) is 0.891. The summed E-state index contributed by atoms with van der Waals surface area (Å²) in [7, 11) is -1.15. The van der Waals surface area contributed by atoms with Crippen LogP contribution in [-0.2, 0) is 0 Å². The largest absolute Gasteiger partial charge is 0.129 e. The lowest BCUT2D eigenvalue weighted by Crippen LogP contribution is -2.16. The smallest absolute Gasteiger partial charge is 0.127 e. The molecule has 0 fully saturated rings. The maximum absolute atomic E-state index is 3.55. The Balaban J connectivity index is 3.93. The van der Waals surface area contributed by atoms with Gasteiger partial charge >= 0.3 is 0 Å². The van der Waals surface area contributed by atoms with Crippen molar-refractivity contribution < 1.29 is 0 Å². The van der Waals surface area contributed by atoms with Gasteiger partial charge in [-0.25, -0.2) is 0 Å². The van der Waals surface area contributed by atoms with E-state index >= 15 is 0 Å². The quantitative estimate of drug-likeness (QED) is 0.306. The molecule has 0 atom stereocenters. The summed E-state index contributed by atoms with van der Waals surface area (Å²) in [4.78, 5) is 0. The molecular weight excluding hydrogens is 136 g/mol. The Hall–Kier alpha value is -0.743. The Kier molecular flexibility index (Phi) is 3.83. The monoisotopic (exact) mass is 150 g/mol. The van der Waals surface area contributed by atoms with E-state index in [0.29, 0.717) is 0 Å². The topological polar surface area (TPSA) is 0 Å². The summed E-state index contributed by atoms with van der Waals surface area (Å²) < 4.78 is 0. The zero-order valence-electron chi connectivity index (χ0n) is 6.94. The van der Waals surface area contributed by atoms with Crippen LogP contribution in [0.3, 0.4) is 0 Å². The summed E-state index contributed by atoms with van der Waals surface area (Å²) in [5.41, 5.74) is 3.21. The Labute approximate surface area is 64.7 Å². The van der Waals surface area contributed by atoms with Crippen LogP contribution in [0.2, 0.25) is 19.6 Å². The van der Waals surface area contributed by atoms with Gasteiger partial charge in [-0.1, -0.05) is 44.3 Å². The van der Waals surface area contributed by atoms with Crippen LogP contribution in [0.15, 0.2) is 24.8 Å². The molecule has 0 aliphatic carbocycles. The Bertz CT molecular complexity index is 183. The fraction of sp³-hybridized carbons (Fsp3) is 0.333. The Morgan fingerprint density at radius 3 is 2.30 bits per heavy atom. The van der Waals surface area contributed by atoms with Gasteiger partial charge in [0.05, 0.1) is 0 Å². The van der Waals surface area contributed by atoms with E-state index in [0.717, 1.165) is 0 Å². The molecule has 10 heavy (non-hydrogen) atoms. The summed E-state index contributed by atoms with van der Waals surface area (Å²) in [5, 5.41) is 0. The van der Waals surface area contributed by atoms with E-state index in [2.05, 4.69) is 37.7 Å². The molecule has 0 heterocycles. The SMILES string of the molecule is C=C/C=C/C#C[Si](C)(C)C. The summed E-state index contributed by atoms with van der Waals surface area (Å²) in [6.07, 6.45) is 5.43. The van der Waals surface area contributed by atoms with Gasteiger partial charge in [0, 0.05) is 0 Å². The number of hydrogen-bond acceptors (Lipinski definition) is 0. The summed E-state index contributed by atoms with van der Waals surface area (Å²) in [5.74, 6) is 2.99. The van der Waals surface area contributed by atoms with Crippen LogP contribution in [0.5, 0.6) is 0 Å². The average molecular weight is 150 g/mol. The molecule has 0 aromatic carbocycles. The van der Waals surface area contributed by atoms with E-state index in [1.54, 1.807) is 6.08 Å². The number of allylic oxidation sites excluding steroid dienone is 3. The molecule has 0 unspecified atom stereocenters. The van der Waals surface area contributed by atoms with Gasteiger partial charge in [0.15, 0.2) is 0 Å². The van der Waals surface area contributed by atoms with Gasteiger partial charge in [0.2, 0.25) is 0 Å². The molecule has 1 heteroatoms. The van der Waals surface area contributed by atoms with Crippen molar-refractivity contribution in [2.45, 2.75) is 19.6 Å². The first-order chi connectivity index (χ1) is 4.56. The predicted molar refractivity (Wildman–Crippen MR) is 50.5 cm³/mol. The van der Waals surface area contributed by atoms with Crippen LogP contribution < -0.4 is 0 Å². The lowest BCUT2D eigenvalue weighted by Gasteiger charge is -2.01. The molecule has 0 N–H and O–H groups in total. The third kappa shape index (κ3) is 7.26. The van der Waals surface area contributed by atoms with Crippen molar-refractivity contribution in [1.29, 1.82) is 0 Å². The first-order valence-corrected chi connectivity index (χ1v) is 6.86. The average Bonchev–Trinajstić information content (AvgIpc) is 1.78. The molecule has 0 nitrogen and oxygen atoms in total. The lowest BCUT2D eigenvalue weighted by atomic mass is 10.5. The summed E-state index contributed by atoms with van der Waals surface area (Å²) in [6, 6.07) is 0. The van der Waals surface area contributed by atoms with E-state index in [1.807, 2.05) is 12.2 Å². The molecule has 0 aromatic heterocycles. The first-order valence-electron chi connectivity index (χ1n) is 3.36. The molecule has 0 amide bonds. The zero-order valence-corrected chi connectivity index (χ0v) is 7.94. The highest BCUT2D eigenvalue weighted by Gasteiger charge is 2.06. The molecule has 54 valence electrons. The third-order valence-electron chi connectivity index (χ3n) is 0.763. The van der Waals surface area contributed by atoms with Gasteiger partial charge in [-0.2, -0.15) is 0 Å². The fourth-order valence-electron chi connectivity index (χ4n) is 0.374. The second-order valence-electron chi connectivity index (χ2n) is 3.11. The van der Waals surface area contributed by atoms with Crippen molar-refractivity contribution in [2.75, 3.05) is 0 Å². The van der Waals surface area contributed by atoms with E-state index in [9.17, 15) is 0 Å². The van der Waals surface area contributed by atoms with Crippen LogP contribution in [0.1, 0.15) is 0 Å². The minimum Gasteiger partial charge on any atom is -0.127 e. The van der Waals surface area contributed by atoms with Gasteiger partial charge in [-0.15, -0.1) is 5.54 Å². The summed E-state index contributed by atoms with van der Waals surface area (Å²) in [6.45, 7) is 10.2. The third-order valence-corrected chi connectivity index (χ3v) is 1.66. The van der Waals surface area contributed by atoms with Crippen LogP contribution in [0, 0.1) is 11.5 Å². The highest BCUT2D eigenvalue weighted by atomic mass is 28.3. The van der Waals surface area contributed by atoms with Gasteiger partial charge in [0.1, 0.15) is 8.07 Å². The van der Waals surface area contributed by atoms with Crippen molar-refractivity contribution >= 4 is 8.07 Å². The van der Waals surface area contributed by atoms with Gasteiger partial charge in [-0.05, 0) is 6.08 Å². The molecule has 0 saturated carbocycles. The minimum atomic E-state index is -1.15. The van der Waals surface area contributed by atoms with E-state index in [1.165, 1.54) is 0 Å². The van der Waals surface area contributed by atoms with Gasteiger partial charge in [-0.3, -0.25) is 0 Å².